The lowest BCUT2D eigenvalue weighted by molar-refractivity contribution is -0.136. The Kier molecular flexibility index (Phi) is 2.40. The van der Waals surface area contributed by atoms with Crippen molar-refractivity contribution in [1.29, 1.82) is 0 Å². The van der Waals surface area contributed by atoms with E-state index in [1.165, 1.54) is 18.3 Å². The largest absolute Gasteiger partial charge is 0.481 e. The van der Waals surface area contributed by atoms with E-state index in [1.807, 2.05) is 0 Å². The number of aliphatic carboxylic acids is 1. The van der Waals surface area contributed by atoms with Crippen LogP contribution in [-0.4, -0.2) is 20.5 Å². The predicted octanol–water partition coefficient (Wildman–Crippen LogP) is 0.461. The number of hydrogen-bond donors (Lipinski definition) is 1. The average Bonchev–Trinajstić information content (AvgIpc) is 2.22. The predicted molar refractivity (Wildman–Crippen MR) is 52.8 cm³/mol. The second kappa shape index (κ2) is 3.73. The third kappa shape index (κ3) is 1.77. The summed E-state index contributed by atoms with van der Waals surface area (Å²) in [6.45, 7) is 0. The number of carboxylic acid groups (broad SMARTS) is 1. The van der Waals surface area contributed by atoms with E-state index in [2.05, 4.69) is 4.98 Å². The fraction of sp³-hybridized carbons (Fsp3) is 0.100. The molecule has 2 rings (SSSR count). The van der Waals surface area contributed by atoms with Crippen molar-refractivity contribution in [3.8, 4) is 0 Å². The molecule has 2 heterocycles. The molecule has 0 spiro atoms. The highest BCUT2D eigenvalue weighted by molar-refractivity contribution is 5.70. The molecule has 6 heteroatoms. The number of aromatic nitrogens is 2. The van der Waals surface area contributed by atoms with Gasteiger partial charge in [0.2, 0.25) is 0 Å². The first kappa shape index (κ1) is 10.3. The molecule has 0 saturated carbocycles. The highest BCUT2D eigenvalue weighted by atomic mass is 19.1. The molecule has 0 aliphatic heterocycles. The number of pyridine rings is 1. The first-order valence-electron chi connectivity index (χ1n) is 4.45. The van der Waals surface area contributed by atoms with Gasteiger partial charge in [0.25, 0.3) is 5.56 Å². The van der Waals surface area contributed by atoms with E-state index in [4.69, 9.17) is 5.11 Å². The minimum absolute atomic E-state index is 0.0237. The van der Waals surface area contributed by atoms with Crippen molar-refractivity contribution in [1.82, 2.24) is 9.38 Å². The maximum atomic E-state index is 12.9. The molecule has 0 atom stereocenters. The summed E-state index contributed by atoms with van der Waals surface area (Å²) in [6, 6.07) is 2.53. The summed E-state index contributed by atoms with van der Waals surface area (Å²) in [4.78, 5) is 26.1. The Hall–Kier alpha value is -2.24. The van der Waals surface area contributed by atoms with Crippen LogP contribution in [0.4, 0.5) is 4.39 Å². The van der Waals surface area contributed by atoms with Crippen LogP contribution in [0.25, 0.3) is 5.65 Å². The summed E-state index contributed by atoms with van der Waals surface area (Å²) in [7, 11) is 0. The maximum Gasteiger partial charge on any atom is 0.308 e. The lowest BCUT2D eigenvalue weighted by atomic mass is 10.2. The van der Waals surface area contributed by atoms with Gasteiger partial charge in [-0.15, -0.1) is 0 Å². The van der Waals surface area contributed by atoms with Gasteiger partial charge in [0.15, 0.2) is 0 Å². The Morgan fingerprint density at radius 2 is 2.25 bits per heavy atom. The van der Waals surface area contributed by atoms with Gasteiger partial charge in [-0.1, -0.05) is 0 Å². The minimum Gasteiger partial charge on any atom is -0.481 e. The van der Waals surface area contributed by atoms with Crippen molar-refractivity contribution < 1.29 is 14.3 Å². The zero-order valence-electron chi connectivity index (χ0n) is 8.05. The number of carboxylic acids is 1. The highest BCUT2D eigenvalue weighted by Gasteiger charge is 2.08. The summed E-state index contributed by atoms with van der Waals surface area (Å²) in [5, 5.41) is 8.57. The van der Waals surface area contributed by atoms with Gasteiger partial charge in [0.1, 0.15) is 11.5 Å². The van der Waals surface area contributed by atoms with Crippen LogP contribution in [0.3, 0.4) is 0 Å². The van der Waals surface area contributed by atoms with Gasteiger partial charge in [-0.3, -0.25) is 14.0 Å². The maximum absolute atomic E-state index is 12.9. The first-order valence-corrected chi connectivity index (χ1v) is 4.45. The molecule has 2 aromatic rings. The Balaban J connectivity index is 2.68. The summed E-state index contributed by atoms with van der Waals surface area (Å²) in [6.07, 6.45) is 1.75. The molecule has 1 N–H and O–H groups in total. The lowest BCUT2D eigenvalue weighted by Crippen LogP contribution is -2.21. The molecular weight excluding hydrogens is 215 g/mol. The van der Waals surface area contributed by atoms with Crippen molar-refractivity contribution in [2.45, 2.75) is 6.42 Å². The van der Waals surface area contributed by atoms with Crippen molar-refractivity contribution in [3.63, 3.8) is 0 Å². The number of nitrogens with zero attached hydrogens (tertiary/aromatic N) is 2. The van der Waals surface area contributed by atoms with Gasteiger partial charge in [-0.2, -0.15) is 0 Å². The third-order valence-electron chi connectivity index (χ3n) is 2.08. The molecule has 0 aliphatic rings. The Morgan fingerprint density at radius 1 is 1.50 bits per heavy atom. The minimum atomic E-state index is -1.13. The van der Waals surface area contributed by atoms with Gasteiger partial charge in [-0.25, -0.2) is 9.37 Å². The van der Waals surface area contributed by atoms with Crippen molar-refractivity contribution in [3.05, 3.63) is 46.3 Å². The topological polar surface area (TPSA) is 71.7 Å². The summed E-state index contributed by atoms with van der Waals surface area (Å²) >= 11 is 0. The van der Waals surface area contributed by atoms with Gasteiger partial charge >= 0.3 is 5.97 Å². The zero-order chi connectivity index (χ0) is 11.7. The number of rotatable bonds is 2. The van der Waals surface area contributed by atoms with Crippen LogP contribution < -0.4 is 5.56 Å². The van der Waals surface area contributed by atoms with Gasteiger partial charge in [0.05, 0.1) is 6.42 Å². The Bertz CT molecular complexity index is 621. The molecule has 0 saturated heterocycles. The van der Waals surface area contributed by atoms with Crippen LogP contribution in [0, 0.1) is 5.82 Å². The van der Waals surface area contributed by atoms with Crippen LogP contribution >= 0.6 is 0 Å². The van der Waals surface area contributed by atoms with E-state index < -0.39 is 23.8 Å². The zero-order valence-corrected chi connectivity index (χ0v) is 8.05. The van der Waals surface area contributed by atoms with Crippen LogP contribution in [0.2, 0.25) is 0 Å². The average molecular weight is 222 g/mol. The van der Waals surface area contributed by atoms with E-state index in [9.17, 15) is 14.0 Å². The molecule has 2 aromatic heterocycles. The first-order chi connectivity index (χ1) is 7.58. The van der Waals surface area contributed by atoms with Gasteiger partial charge in [0, 0.05) is 18.0 Å². The Labute approximate surface area is 88.8 Å². The molecule has 0 amide bonds. The molecule has 5 nitrogen and oxygen atoms in total. The normalized spacial score (nSPS) is 10.6. The molecule has 82 valence electrons. The van der Waals surface area contributed by atoms with Crippen molar-refractivity contribution in [2.75, 3.05) is 0 Å². The third-order valence-corrected chi connectivity index (χ3v) is 2.08. The summed E-state index contributed by atoms with van der Waals surface area (Å²) in [5.74, 6) is -1.71. The number of halogens is 1. The van der Waals surface area contributed by atoms with Crippen LogP contribution in [0.5, 0.6) is 0 Å². The van der Waals surface area contributed by atoms with E-state index in [1.54, 1.807) is 0 Å². The van der Waals surface area contributed by atoms with Gasteiger partial charge < -0.3 is 5.11 Å². The lowest BCUT2D eigenvalue weighted by Gasteiger charge is -2.01. The second-order valence-corrected chi connectivity index (χ2v) is 3.23. The molecule has 0 fully saturated rings. The standard InChI is InChI=1S/C10H7FN2O3/c11-7-1-2-8-12-4-6(3-9(14)15)10(16)13(8)5-7/h1-2,4-5H,3H2,(H,14,15). The van der Waals surface area contributed by atoms with Crippen molar-refractivity contribution in [2.24, 2.45) is 0 Å². The molecule has 0 radical (unpaired) electrons. The summed E-state index contributed by atoms with van der Waals surface area (Å²) < 4.78 is 13.9. The van der Waals surface area contributed by atoms with Crippen LogP contribution in [0.1, 0.15) is 5.56 Å². The van der Waals surface area contributed by atoms with Crippen LogP contribution in [0.15, 0.2) is 29.3 Å². The number of carbonyl (C=O) groups is 1. The molecule has 16 heavy (non-hydrogen) atoms. The van der Waals surface area contributed by atoms with Crippen molar-refractivity contribution >= 4 is 11.6 Å². The highest BCUT2D eigenvalue weighted by Crippen LogP contribution is 2.01. The fourth-order valence-corrected chi connectivity index (χ4v) is 1.37. The Morgan fingerprint density at radius 3 is 2.94 bits per heavy atom. The molecule has 0 unspecified atom stereocenters. The number of hydrogen-bond acceptors (Lipinski definition) is 3. The fourth-order valence-electron chi connectivity index (χ4n) is 1.37. The van der Waals surface area contributed by atoms with E-state index in [0.29, 0.717) is 0 Å². The molecular formula is C10H7FN2O3. The number of fused-ring (bicyclic) bond motifs is 1. The molecule has 0 bridgehead atoms. The van der Waals surface area contributed by atoms with E-state index in [-0.39, 0.29) is 11.2 Å². The monoisotopic (exact) mass is 222 g/mol. The SMILES string of the molecule is O=C(O)Cc1cnc2ccc(F)cn2c1=O. The quantitative estimate of drug-likeness (QED) is 0.801. The summed E-state index contributed by atoms with van der Waals surface area (Å²) in [5.41, 5.74) is -0.261. The van der Waals surface area contributed by atoms with Crippen LogP contribution in [-0.2, 0) is 11.2 Å². The van der Waals surface area contributed by atoms with E-state index in [0.717, 1.165) is 10.6 Å². The van der Waals surface area contributed by atoms with E-state index >= 15 is 0 Å². The van der Waals surface area contributed by atoms with Gasteiger partial charge in [-0.05, 0) is 12.1 Å². The second-order valence-electron chi connectivity index (χ2n) is 3.23. The smallest absolute Gasteiger partial charge is 0.308 e. The molecule has 0 aliphatic carbocycles. The molecule has 0 aromatic carbocycles.